The summed E-state index contributed by atoms with van der Waals surface area (Å²) in [4.78, 5) is 0. The lowest BCUT2D eigenvalue weighted by atomic mass is 10.0. The standard InChI is InChI=1S/C13H9F3/c1-8-5-6-11(13(16)12(8)15)9-3-2-4-10(14)7-9/h2-7H,1H3. The number of hydrogen-bond donors (Lipinski definition) is 0. The number of rotatable bonds is 1. The van der Waals surface area contributed by atoms with E-state index in [1.165, 1.54) is 43.3 Å². The molecule has 3 heteroatoms. The van der Waals surface area contributed by atoms with Crippen molar-refractivity contribution in [3.05, 3.63) is 59.4 Å². The van der Waals surface area contributed by atoms with Crippen LogP contribution in [0.4, 0.5) is 13.2 Å². The molecular weight excluding hydrogens is 213 g/mol. The number of benzene rings is 2. The predicted octanol–water partition coefficient (Wildman–Crippen LogP) is 4.08. The van der Waals surface area contributed by atoms with E-state index >= 15 is 0 Å². The molecule has 0 amide bonds. The fourth-order valence-electron chi connectivity index (χ4n) is 1.52. The van der Waals surface area contributed by atoms with Gasteiger partial charge in [-0.2, -0.15) is 0 Å². The minimum Gasteiger partial charge on any atom is -0.207 e. The molecule has 0 fully saturated rings. The van der Waals surface area contributed by atoms with E-state index in [-0.39, 0.29) is 11.1 Å². The van der Waals surface area contributed by atoms with Gasteiger partial charge in [-0.3, -0.25) is 0 Å². The normalized spacial score (nSPS) is 10.5. The van der Waals surface area contributed by atoms with Gasteiger partial charge in [-0.25, -0.2) is 13.2 Å². The minimum absolute atomic E-state index is 0.0719. The minimum atomic E-state index is -0.939. The molecule has 0 aliphatic carbocycles. The average Bonchev–Trinajstić information content (AvgIpc) is 2.26. The summed E-state index contributed by atoms with van der Waals surface area (Å²) in [5.41, 5.74) is 0.636. The van der Waals surface area contributed by atoms with Crippen molar-refractivity contribution in [2.24, 2.45) is 0 Å². The molecule has 0 nitrogen and oxygen atoms in total. The quantitative estimate of drug-likeness (QED) is 0.682. The Bertz CT molecular complexity index is 533. The molecular formula is C13H9F3. The molecule has 0 radical (unpaired) electrons. The number of hydrogen-bond acceptors (Lipinski definition) is 0. The van der Waals surface area contributed by atoms with Crippen LogP contribution in [0.15, 0.2) is 36.4 Å². The van der Waals surface area contributed by atoms with Crippen LogP contribution < -0.4 is 0 Å². The maximum absolute atomic E-state index is 13.6. The maximum Gasteiger partial charge on any atom is 0.166 e. The molecule has 2 aromatic carbocycles. The van der Waals surface area contributed by atoms with E-state index in [1.54, 1.807) is 0 Å². The van der Waals surface area contributed by atoms with E-state index in [1.807, 2.05) is 0 Å². The second-order valence-electron chi connectivity index (χ2n) is 3.57. The molecule has 2 aromatic rings. The number of aryl methyl sites for hydroxylation is 1. The molecule has 0 aliphatic heterocycles. The van der Waals surface area contributed by atoms with Crippen molar-refractivity contribution in [3.8, 4) is 11.1 Å². The van der Waals surface area contributed by atoms with E-state index in [0.29, 0.717) is 5.56 Å². The summed E-state index contributed by atoms with van der Waals surface area (Å²) in [5, 5.41) is 0. The molecule has 0 bridgehead atoms. The fourth-order valence-corrected chi connectivity index (χ4v) is 1.52. The molecule has 0 unspecified atom stereocenters. The van der Waals surface area contributed by atoms with Crippen molar-refractivity contribution < 1.29 is 13.2 Å². The first kappa shape index (κ1) is 10.7. The number of halogens is 3. The smallest absolute Gasteiger partial charge is 0.166 e. The third kappa shape index (κ3) is 1.81. The van der Waals surface area contributed by atoms with Crippen LogP contribution in [0.25, 0.3) is 11.1 Å². The van der Waals surface area contributed by atoms with E-state index in [9.17, 15) is 13.2 Å². The van der Waals surface area contributed by atoms with Crippen molar-refractivity contribution >= 4 is 0 Å². The van der Waals surface area contributed by atoms with Crippen LogP contribution in [-0.4, -0.2) is 0 Å². The molecule has 0 aromatic heterocycles. The summed E-state index contributed by atoms with van der Waals surface area (Å²) in [7, 11) is 0. The Balaban J connectivity index is 2.61. The van der Waals surface area contributed by atoms with Crippen LogP contribution in [0.1, 0.15) is 5.56 Å². The van der Waals surface area contributed by atoms with E-state index < -0.39 is 17.5 Å². The third-order valence-electron chi connectivity index (χ3n) is 2.41. The lowest BCUT2D eigenvalue weighted by Crippen LogP contribution is -1.93. The van der Waals surface area contributed by atoms with Crippen LogP contribution in [0.2, 0.25) is 0 Å². The van der Waals surface area contributed by atoms with Gasteiger partial charge >= 0.3 is 0 Å². The molecule has 0 spiro atoms. The summed E-state index contributed by atoms with van der Waals surface area (Å²) < 4.78 is 39.8. The highest BCUT2D eigenvalue weighted by molar-refractivity contribution is 5.64. The zero-order valence-electron chi connectivity index (χ0n) is 8.60. The van der Waals surface area contributed by atoms with Crippen LogP contribution in [-0.2, 0) is 0 Å². The van der Waals surface area contributed by atoms with Crippen molar-refractivity contribution in [1.82, 2.24) is 0 Å². The Hall–Kier alpha value is -1.77. The van der Waals surface area contributed by atoms with Gasteiger partial charge < -0.3 is 0 Å². The zero-order chi connectivity index (χ0) is 11.7. The molecule has 0 aliphatic rings. The second-order valence-corrected chi connectivity index (χ2v) is 3.57. The molecule has 2 rings (SSSR count). The van der Waals surface area contributed by atoms with Gasteiger partial charge in [-0.1, -0.05) is 24.3 Å². The molecule has 0 atom stereocenters. The summed E-state index contributed by atoms with van der Waals surface area (Å²) in [6.45, 7) is 1.48. The summed E-state index contributed by atoms with van der Waals surface area (Å²) >= 11 is 0. The first-order valence-corrected chi connectivity index (χ1v) is 4.80. The van der Waals surface area contributed by atoms with Gasteiger partial charge in [0.2, 0.25) is 0 Å². The van der Waals surface area contributed by atoms with Gasteiger partial charge in [-0.05, 0) is 30.2 Å². The highest BCUT2D eigenvalue weighted by Crippen LogP contribution is 2.26. The van der Waals surface area contributed by atoms with E-state index in [2.05, 4.69) is 0 Å². The Labute approximate surface area is 91.4 Å². The third-order valence-corrected chi connectivity index (χ3v) is 2.41. The lowest BCUT2D eigenvalue weighted by molar-refractivity contribution is 0.505. The summed E-state index contributed by atoms with van der Waals surface area (Å²) in [6, 6.07) is 8.35. The highest BCUT2D eigenvalue weighted by Gasteiger charge is 2.12. The van der Waals surface area contributed by atoms with Gasteiger partial charge in [0.05, 0.1) is 0 Å². The first-order valence-electron chi connectivity index (χ1n) is 4.80. The van der Waals surface area contributed by atoms with E-state index in [0.717, 1.165) is 0 Å². The molecule has 0 heterocycles. The SMILES string of the molecule is Cc1ccc(-c2cccc(F)c2)c(F)c1F. The largest absolute Gasteiger partial charge is 0.207 e. The molecule has 82 valence electrons. The van der Waals surface area contributed by atoms with Gasteiger partial charge in [0.1, 0.15) is 5.82 Å². The van der Waals surface area contributed by atoms with E-state index in [4.69, 9.17) is 0 Å². The van der Waals surface area contributed by atoms with Crippen molar-refractivity contribution in [1.29, 1.82) is 0 Å². The van der Waals surface area contributed by atoms with Crippen LogP contribution in [0.5, 0.6) is 0 Å². The molecule has 0 saturated carbocycles. The van der Waals surface area contributed by atoms with Crippen LogP contribution >= 0.6 is 0 Å². The van der Waals surface area contributed by atoms with Crippen molar-refractivity contribution in [2.75, 3.05) is 0 Å². The Morgan fingerprint density at radius 1 is 0.875 bits per heavy atom. The Morgan fingerprint density at radius 2 is 1.62 bits per heavy atom. The molecule has 16 heavy (non-hydrogen) atoms. The summed E-state index contributed by atoms with van der Waals surface area (Å²) in [5.74, 6) is -2.30. The lowest BCUT2D eigenvalue weighted by Gasteiger charge is -2.06. The molecule has 0 saturated heterocycles. The fraction of sp³-hybridized carbons (Fsp3) is 0.0769. The predicted molar refractivity (Wildman–Crippen MR) is 56.5 cm³/mol. The van der Waals surface area contributed by atoms with Crippen LogP contribution in [0, 0.1) is 24.4 Å². The second kappa shape index (κ2) is 4.00. The van der Waals surface area contributed by atoms with Gasteiger partial charge in [0, 0.05) is 5.56 Å². The highest BCUT2D eigenvalue weighted by atomic mass is 19.2. The summed E-state index contributed by atoms with van der Waals surface area (Å²) in [6.07, 6.45) is 0. The Kier molecular flexibility index (Phi) is 2.69. The van der Waals surface area contributed by atoms with Gasteiger partial charge in [-0.15, -0.1) is 0 Å². The van der Waals surface area contributed by atoms with Crippen LogP contribution in [0.3, 0.4) is 0 Å². The maximum atomic E-state index is 13.6. The monoisotopic (exact) mass is 222 g/mol. The average molecular weight is 222 g/mol. The topological polar surface area (TPSA) is 0 Å². The Morgan fingerprint density at radius 3 is 2.31 bits per heavy atom. The van der Waals surface area contributed by atoms with Crippen molar-refractivity contribution in [2.45, 2.75) is 6.92 Å². The van der Waals surface area contributed by atoms with Gasteiger partial charge in [0.15, 0.2) is 11.6 Å². The molecule has 0 N–H and O–H groups in total. The first-order chi connectivity index (χ1) is 7.59. The van der Waals surface area contributed by atoms with Gasteiger partial charge in [0.25, 0.3) is 0 Å². The van der Waals surface area contributed by atoms with Crippen molar-refractivity contribution in [3.63, 3.8) is 0 Å². The zero-order valence-corrected chi connectivity index (χ0v) is 8.60.